The van der Waals surface area contributed by atoms with Gasteiger partial charge in [-0.1, -0.05) is 24.3 Å². The summed E-state index contributed by atoms with van der Waals surface area (Å²) in [4.78, 5) is 17.4. The summed E-state index contributed by atoms with van der Waals surface area (Å²) in [7, 11) is 0. The van der Waals surface area contributed by atoms with E-state index < -0.39 is 0 Å². The highest BCUT2D eigenvalue weighted by Crippen LogP contribution is 2.40. The van der Waals surface area contributed by atoms with Crippen LogP contribution in [0.5, 0.6) is 0 Å². The average Bonchev–Trinajstić information content (AvgIpc) is 3.54. The molecule has 2 aromatic carbocycles. The minimum atomic E-state index is -0.0939. The number of nitrogens with one attached hydrogen (secondary N) is 1. The average molecular weight is 349 g/mol. The molecule has 1 N–H and O–H groups in total. The van der Waals surface area contributed by atoms with E-state index in [0.29, 0.717) is 6.04 Å². The minimum Gasteiger partial charge on any atom is -0.378 e. The molecule has 0 aromatic heterocycles. The summed E-state index contributed by atoms with van der Waals surface area (Å²) in [5, 5.41) is 3.59. The van der Waals surface area contributed by atoms with Crippen LogP contribution in [0.1, 0.15) is 34.9 Å². The van der Waals surface area contributed by atoms with Gasteiger partial charge in [0.1, 0.15) is 6.17 Å². The molecule has 3 aliphatic rings. The van der Waals surface area contributed by atoms with Crippen LogP contribution in [0.3, 0.4) is 0 Å². The van der Waals surface area contributed by atoms with Crippen molar-refractivity contribution in [2.45, 2.75) is 25.0 Å². The van der Waals surface area contributed by atoms with Gasteiger partial charge in [-0.25, -0.2) is 0 Å². The van der Waals surface area contributed by atoms with E-state index in [-0.39, 0.29) is 12.1 Å². The summed E-state index contributed by atoms with van der Waals surface area (Å²) in [6, 6.07) is 16.8. The Kier molecular flexibility index (Phi) is 3.82. The molecule has 5 heteroatoms. The van der Waals surface area contributed by atoms with Crippen LogP contribution in [0, 0.1) is 0 Å². The lowest BCUT2D eigenvalue weighted by molar-refractivity contribution is 0.0666. The lowest BCUT2D eigenvalue weighted by Gasteiger charge is -2.38. The second-order valence-electron chi connectivity index (χ2n) is 7.23. The van der Waals surface area contributed by atoms with E-state index in [4.69, 9.17) is 4.74 Å². The topological polar surface area (TPSA) is 44.8 Å². The lowest BCUT2D eigenvalue weighted by atomic mass is 10.0. The van der Waals surface area contributed by atoms with Crippen LogP contribution in [0.25, 0.3) is 0 Å². The number of amides is 1. The summed E-state index contributed by atoms with van der Waals surface area (Å²) in [5.41, 5.74) is 4.06. The normalized spacial score (nSPS) is 22.8. The van der Waals surface area contributed by atoms with Gasteiger partial charge in [-0.05, 0) is 42.7 Å². The molecular weight excluding hydrogens is 326 g/mol. The highest BCUT2D eigenvalue weighted by atomic mass is 16.5. The molecule has 1 aliphatic carbocycles. The van der Waals surface area contributed by atoms with E-state index in [1.807, 2.05) is 29.2 Å². The first-order valence-electron chi connectivity index (χ1n) is 9.42. The van der Waals surface area contributed by atoms with Crippen molar-refractivity contribution < 1.29 is 9.53 Å². The van der Waals surface area contributed by atoms with E-state index in [2.05, 4.69) is 34.5 Å². The highest BCUT2D eigenvalue weighted by molar-refractivity contribution is 6.02. The molecular formula is C21H23N3O2. The van der Waals surface area contributed by atoms with Crippen molar-refractivity contribution in [3.8, 4) is 0 Å². The first-order valence-corrected chi connectivity index (χ1v) is 9.42. The smallest absolute Gasteiger partial charge is 0.258 e. The van der Waals surface area contributed by atoms with Crippen LogP contribution < -0.4 is 10.2 Å². The zero-order chi connectivity index (χ0) is 17.5. The second kappa shape index (κ2) is 6.32. The Hall–Kier alpha value is -2.53. The van der Waals surface area contributed by atoms with Gasteiger partial charge < -0.3 is 19.9 Å². The Morgan fingerprint density at radius 1 is 0.962 bits per heavy atom. The predicted molar refractivity (Wildman–Crippen MR) is 101 cm³/mol. The number of nitrogens with zero attached hydrogens (tertiary/aromatic N) is 2. The molecule has 1 saturated heterocycles. The molecule has 2 aromatic rings. The Bertz CT molecular complexity index is 810. The van der Waals surface area contributed by atoms with Gasteiger partial charge in [0.05, 0.1) is 18.8 Å². The van der Waals surface area contributed by atoms with E-state index in [1.54, 1.807) is 0 Å². The number of hydrogen-bond donors (Lipinski definition) is 1. The number of carbonyl (C=O) groups is 1. The third-order valence-electron chi connectivity index (χ3n) is 5.49. The fraction of sp³-hybridized carbons (Fsp3) is 0.381. The maximum atomic E-state index is 13.1. The fourth-order valence-corrected chi connectivity index (χ4v) is 3.93. The van der Waals surface area contributed by atoms with Gasteiger partial charge in [0.2, 0.25) is 0 Å². The van der Waals surface area contributed by atoms with Crippen LogP contribution in [0.2, 0.25) is 0 Å². The maximum absolute atomic E-state index is 13.1. The lowest BCUT2D eigenvalue weighted by Crippen LogP contribution is -2.44. The molecule has 26 heavy (non-hydrogen) atoms. The largest absolute Gasteiger partial charge is 0.378 e. The van der Waals surface area contributed by atoms with Crippen LogP contribution in [-0.4, -0.2) is 43.2 Å². The number of benzene rings is 2. The molecule has 2 aliphatic heterocycles. The fourth-order valence-electron chi connectivity index (χ4n) is 3.93. The van der Waals surface area contributed by atoms with E-state index in [1.165, 1.54) is 5.69 Å². The third-order valence-corrected chi connectivity index (χ3v) is 5.49. The van der Waals surface area contributed by atoms with Gasteiger partial charge in [0, 0.05) is 30.5 Å². The minimum absolute atomic E-state index is 0.0939. The number of ether oxygens (including phenoxy) is 1. The number of rotatable bonds is 3. The van der Waals surface area contributed by atoms with Crippen LogP contribution in [0.4, 0.5) is 11.4 Å². The SMILES string of the molecule is O=C1c2ccccc2N[C@H](c2ccc(N3CCOCC3)cc2)N1C1CC1. The zero-order valence-electron chi connectivity index (χ0n) is 14.7. The Morgan fingerprint density at radius 2 is 1.69 bits per heavy atom. The first-order chi connectivity index (χ1) is 12.8. The third kappa shape index (κ3) is 2.72. The molecule has 134 valence electrons. The van der Waals surface area contributed by atoms with Gasteiger partial charge in [-0.15, -0.1) is 0 Å². The van der Waals surface area contributed by atoms with Gasteiger partial charge in [-0.2, -0.15) is 0 Å². The quantitative estimate of drug-likeness (QED) is 0.924. The number of carbonyl (C=O) groups excluding carboxylic acids is 1. The summed E-state index contributed by atoms with van der Waals surface area (Å²) >= 11 is 0. The number of fused-ring (bicyclic) bond motifs is 1. The van der Waals surface area contributed by atoms with Crippen molar-refractivity contribution in [3.63, 3.8) is 0 Å². The van der Waals surface area contributed by atoms with Crippen LogP contribution in [-0.2, 0) is 4.74 Å². The van der Waals surface area contributed by atoms with Crippen molar-refractivity contribution in [2.75, 3.05) is 36.5 Å². The van der Waals surface area contributed by atoms with Crippen molar-refractivity contribution in [1.29, 1.82) is 0 Å². The molecule has 5 rings (SSSR count). The van der Waals surface area contributed by atoms with Crippen LogP contribution >= 0.6 is 0 Å². The van der Waals surface area contributed by atoms with Crippen molar-refractivity contribution in [2.24, 2.45) is 0 Å². The zero-order valence-corrected chi connectivity index (χ0v) is 14.7. The number of anilines is 2. The summed E-state index contributed by atoms with van der Waals surface area (Å²) < 4.78 is 5.44. The standard InChI is InChI=1S/C21H23N3O2/c25-21-18-3-1-2-4-19(18)22-20(24(21)17-9-10-17)15-5-7-16(8-6-15)23-11-13-26-14-12-23/h1-8,17,20,22H,9-14H2/t20-/m0/s1. The molecule has 5 nitrogen and oxygen atoms in total. The first kappa shape index (κ1) is 15.7. The molecule has 2 fully saturated rings. The number of morpholine rings is 1. The molecule has 0 unspecified atom stereocenters. The van der Waals surface area contributed by atoms with Crippen LogP contribution in [0.15, 0.2) is 48.5 Å². The molecule has 2 heterocycles. The number of hydrogen-bond acceptors (Lipinski definition) is 4. The molecule has 1 atom stereocenters. The van der Waals surface area contributed by atoms with Crippen molar-refractivity contribution in [1.82, 2.24) is 4.90 Å². The predicted octanol–water partition coefficient (Wildman–Crippen LogP) is 3.25. The summed E-state index contributed by atoms with van der Waals surface area (Å²) in [5.74, 6) is 0.143. The highest BCUT2D eigenvalue weighted by Gasteiger charge is 2.41. The van der Waals surface area contributed by atoms with Gasteiger partial charge in [0.25, 0.3) is 5.91 Å². The van der Waals surface area contributed by atoms with E-state index in [9.17, 15) is 4.79 Å². The van der Waals surface area contributed by atoms with Crippen molar-refractivity contribution >= 4 is 17.3 Å². The molecule has 0 spiro atoms. The Morgan fingerprint density at radius 3 is 2.42 bits per heavy atom. The Balaban J connectivity index is 1.45. The molecule has 0 bridgehead atoms. The van der Waals surface area contributed by atoms with E-state index in [0.717, 1.165) is 56.0 Å². The van der Waals surface area contributed by atoms with E-state index >= 15 is 0 Å². The number of para-hydroxylation sites is 1. The van der Waals surface area contributed by atoms with Crippen molar-refractivity contribution in [3.05, 3.63) is 59.7 Å². The Labute approximate surface area is 153 Å². The summed E-state index contributed by atoms with van der Waals surface area (Å²) in [6.07, 6.45) is 2.10. The van der Waals surface area contributed by atoms with Gasteiger partial charge in [0.15, 0.2) is 0 Å². The molecule has 1 saturated carbocycles. The molecule has 0 radical (unpaired) electrons. The summed E-state index contributed by atoms with van der Waals surface area (Å²) in [6.45, 7) is 3.43. The van der Waals surface area contributed by atoms with Gasteiger partial charge in [-0.3, -0.25) is 4.79 Å². The molecule has 1 amide bonds. The van der Waals surface area contributed by atoms with Gasteiger partial charge >= 0.3 is 0 Å². The monoisotopic (exact) mass is 349 g/mol. The maximum Gasteiger partial charge on any atom is 0.258 e. The second-order valence-corrected chi connectivity index (χ2v) is 7.23.